The lowest BCUT2D eigenvalue weighted by atomic mass is 9.83. The Balaban J connectivity index is 3.04. The number of nitrogens with zero attached hydrogens (tertiary/aromatic N) is 2. The summed E-state index contributed by atoms with van der Waals surface area (Å²) in [4.78, 5) is 9.19. The summed E-state index contributed by atoms with van der Waals surface area (Å²) in [6.45, 7) is 11.3. The van der Waals surface area contributed by atoms with E-state index in [0.29, 0.717) is 0 Å². The lowest BCUT2D eigenvalue weighted by Gasteiger charge is -2.30. The zero-order valence-electron chi connectivity index (χ0n) is 14.2. The molecule has 0 aromatic carbocycles. The van der Waals surface area contributed by atoms with Gasteiger partial charge in [-0.3, -0.25) is 0 Å². The van der Waals surface area contributed by atoms with E-state index in [9.17, 15) is 5.11 Å². The van der Waals surface area contributed by atoms with Crippen LogP contribution >= 0.6 is 0 Å². The maximum absolute atomic E-state index is 9.68. The second-order valence-corrected chi connectivity index (χ2v) is 6.03. The van der Waals surface area contributed by atoms with Crippen LogP contribution < -0.4 is 10.6 Å². The molecule has 3 N–H and O–H groups in total. The van der Waals surface area contributed by atoms with Crippen molar-refractivity contribution in [2.45, 2.75) is 53.4 Å². The molecule has 0 spiro atoms. The van der Waals surface area contributed by atoms with Gasteiger partial charge in [0.15, 0.2) is 0 Å². The smallest absolute Gasteiger partial charge is 0.135 e. The first-order valence-corrected chi connectivity index (χ1v) is 7.84. The van der Waals surface area contributed by atoms with Crippen LogP contribution in [0.3, 0.4) is 0 Å². The van der Waals surface area contributed by atoms with E-state index in [4.69, 9.17) is 0 Å². The molecule has 0 aliphatic rings. The standard InChI is InChI=1S/C16H30N4O/c1-7-16(8-2,10-21)9-18-15-12(5)14(17-6)19-13(20-15)11(3)4/h11,21H,7-10H2,1-6H3,(H2,17,18,19,20). The largest absolute Gasteiger partial charge is 0.396 e. The summed E-state index contributed by atoms with van der Waals surface area (Å²) in [5.41, 5.74) is 0.927. The van der Waals surface area contributed by atoms with Crippen molar-refractivity contribution in [3.8, 4) is 0 Å². The Hall–Kier alpha value is -1.36. The van der Waals surface area contributed by atoms with Gasteiger partial charge in [0, 0.05) is 30.5 Å². The predicted molar refractivity (Wildman–Crippen MR) is 89.0 cm³/mol. The number of hydrogen-bond acceptors (Lipinski definition) is 5. The van der Waals surface area contributed by atoms with Gasteiger partial charge in [0.25, 0.3) is 0 Å². The lowest BCUT2D eigenvalue weighted by Crippen LogP contribution is -2.32. The first-order chi connectivity index (χ1) is 9.92. The predicted octanol–water partition coefficient (Wildman–Crippen LogP) is 3.16. The molecule has 0 aliphatic heterocycles. The second-order valence-electron chi connectivity index (χ2n) is 6.03. The number of nitrogens with one attached hydrogen (secondary N) is 2. The minimum atomic E-state index is -0.0881. The van der Waals surface area contributed by atoms with Crippen molar-refractivity contribution >= 4 is 11.6 Å². The van der Waals surface area contributed by atoms with Gasteiger partial charge in [-0.2, -0.15) is 0 Å². The highest BCUT2D eigenvalue weighted by atomic mass is 16.3. The van der Waals surface area contributed by atoms with Gasteiger partial charge in [-0.1, -0.05) is 27.7 Å². The molecule has 1 aromatic heterocycles. The first kappa shape index (κ1) is 17.7. The van der Waals surface area contributed by atoms with Crippen molar-refractivity contribution in [2.24, 2.45) is 5.41 Å². The monoisotopic (exact) mass is 294 g/mol. The van der Waals surface area contributed by atoms with Gasteiger partial charge in [-0.05, 0) is 19.8 Å². The number of aliphatic hydroxyl groups excluding tert-OH is 1. The average Bonchev–Trinajstić information content (AvgIpc) is 2.50. The third kappa shape index (κ3) is 4.06. The second kappa shape index (κ2) is 7.59. The van der Waals surface area contributed by atoms with Gasteiger partial charge in [-0.15, -0.1) is 0 Å². The van der Waals surface area contributed by atoms with Crippen LogP contribution in [0.5, 0.6) is 0 Å². The number of hydrogen-bond donors (Lipinski definition) is 3. The number of aromatic nitrogens is 2. The van der Waals surface area contributed by atoms with Gasteiger partial charge < -0.3 is 15.7 Å². The molecule has 0 saturated heterocycles. The molecule has 5 heteroatoms. The third-order valence-corrected chi connectivity index (χ3v) is 4.38. The molecule has 0 bridgehead atoms. The summed E-state index contributed by atoms with van der Waals surface area (Å²) >= 11 is 0. The van der Waals surface area contributed by atoms with E-state index in [1.54, 1.807) is 0 Å². The highest BCUT2D eigenvalue weighted by Gasteiger charge is 2.25. The molecule has 0 atom stereocenters. The van der Waals surface area contributed by atoms with Gasteiger partial charge in [0.05, 0.1) is 6.61 Å². The average molecular weight is 294 g/mol. The van der Waals surface area contributed by atoms with E-state index >= 15 is 0 Å². The normalized spacial score (nSPS) is 11.8. The molecule has 1 rings (SSSR count). The molecular formula is C16H30N4O. The SMILES string of the molecule is CCC(CC)(CO)CNc1nc(C(C)C)nc(NC)c1C. The highest BCUT2D eigenvalue weighted by Crippen LogP contribution is 2.28. The van der Waals surface area contributed by atoms with Crippen LogP contribution in [-0.2, 0) is 0 Å². The zero-order chi connectivity index (χ0) is 16.0. The molecule has 0 aliphatic carbocycles. The van der Waals surface area contributed by atoms with Crippen LogP contribution in [-0.4, -0.2) is 35.3 Å². The lowest BCUT2D eigenvalue weighted by molar-refractivity contribution is 0.127. The molecule has 120 valence electrons. The molecule has 0 saturated carbocycles. The molecule has 1 heterocycles. The van der Waals surface area contributed by atoms with Crippen LogP contribution in [0.4, 0.5) is 11.6 Å². The Morgan fingerprint density at radius 1 is 1.14 bits per heavy atom. The topological polar surface area (TPSA) is 70.1 Å². The molecule has 0 fully saturated rings. The Morgan fingerprint density at radius 2 is 1.71 bits per heavy atom. The minimum absolute atomic E-state index is 0.0881. The summed E-state index contributed by atoms with van der Waals surface area (Å²) in [6, 6.07) is 0. The summed E-state index contributed by atoms with van der Waals surface area (Å²) in [5, 5.41) is 16.2. The third-order valence-electron chi connectivity index (χ3n) is 4.38. The molecule has 0 radical (unpaired) electrons. The summed E-state index contributed by atoms with van der Waals surface area (Å²) in [6.07, 6.45) is 1.88. The summed E-state index contributed by atoms with van der Waals surface area (Å²) < 4.78 is 0. The summed E-state index contributed by atoms with van der Waals surface area (Å²) in [7, 11) is 1.87. The van der Waals surface area contributed by atoms with Crippen molar-refractivity contribution in [2.75, 3.05) is 30.8 Å². The maximum Gasteiger partial charge on any atom is 0.135 e. The fourth-order valence-electron chi connectivity index (χ4n) is 2.26. The van der Waals surface area contributed by atoms with Crippen LogP contribution in [0.15, 0.2) is 0 Å². The first-order valence-electron chi connectivity index (χ1n) is 7.84. The van der Waals surface area contributed by atoms with Crippen LogP contribution in [0.25, 0.3) is 0 Å². The Labute approximate surface area is 128 Å². The van der Waals surface area contributed by atoms with Crippen molar-refractivity contribution in [3.63, 3.8) is 0 Å². The Morgan fingerprint density at radius 3 is 2.14 bits per heavy atom. The molecule has 1 aromatic rings. The van der Waals surface area contributed by atoms with E-state index in [0.717, 1.165) is 42.4 Å². The minimum Gasteiger partial charge on any atom is -0.396 e. The quantitative estimate of drug-likeness (QED) is 0.687. The number of aliphatic hydroxyl groups is 1. The molecular weight excluding hydrogens is 264 g/mol. The van der Waals surface area contributed by atoms with E-state index in [1.165, 1.54) is 0 Å². The molecule has 0 amide bonds. The number of rotatable bonds is 8. The van der Waals surface area contributed by atoms with Crippen LogP contribution in [0, 0.1) is 12.3 Å². The van der Waals surface area contributed by atoms with Crippen molar-refractivity contribution in [3.05, 3.63) is 11.4 Å². The highest BCUT2D eigenvalue weighted by molar-refractivity contribution is 5.57. The molecule has 5 nitrogen and oxygen atoms in total. The van der Waals surface area contributed by atoms with Crippen molar-refractivity contribution in [1.82, 2.24) is 9.97 Å². The number of anilines is 2. The van der Waals surface area contributed by atoms with Gasteiger partial charge in [0.1, 0.15) is 17.5 Å². The van der Waals surface area contributed by atoms with E-state index in [2.05, 4.69) is 48.3 Å². The van der Waals surface area contributed by atoms with Gasteiger partial charge in [0.2, 0.25) is 0 Å². The zero-order valence-corrected chi connectivity index (χ0v) is 14.2. The van der Waals surface area contributed by atoms with Gasteiger partial charge in [-0.25, -0.2) is 9.97 Å². The maximum atomic E-state index is 9.68. The van der Waals surface area contributed by atoms with E-state index in [1.807, 2.05) is 14.0 Å². The van der Waals surface area contributed by atoms with Crippen LogP contribution in [0.2, 0.25) is 0 Å². The Kier molecular flexibility index (Phi) is 6.40. The van der Waals surface area contributed by atoms with Gasteiger partial charge >= 0.3 is 0 Å². The van der Waals surface area contributed by atoms with Crippen molar-refractivity contribution in [1.29, 1.82) is 0 Å². The van der Waals surface area contributed by atoms with E-state index < -0.39 is 0 Å². The summed E-state index contributed by atoms with van der Waals surface area (Å²) in [5.74, 6) is 2.82. The van der Waals surface area contributed by atoms with Crippen molar-refractivity contribution < 1.29 is 5.11 Å². The van der Waals surface area contributed by atoms with Crippen LogP contribution in [0.1, 0.15) is 57.8 Å². The molecule has 0 unspecified atom stereocenters. The fraction of sp³-hybridized carbons (Fsp3) is 0.750. The Bertz CT molecular complexity index is 448. The fourth-order valence-corrected chi connectivity index (χ4v) is 2.26. The molecule has 21 heavy (non-hydrogen) atoms. The van der Waals surface area contributed by atoms with E-state index in [-0.39, 0.29) is 17.9 Å².